The first kappa shape index (κ1) is 14.0. The molecule has 102 valence electrons. The van der Waals surface area contributed by atoms with Crippen LogP contribution in [0.5, 0.6) is 0 Å². The zero-order valence-corrected chi connectivity index (χ0v) is 12.7. The minimum atomic E-state index is 0.570. The first-order chi connectivity index (χ1) is 8.59. The molecule has 1 heterocycles. The maximum absolute atomic E-state index is 4.98. The Morgan fingerprint density at radius 1 is 1.17 bits per heavy atom. The van der Waals surface area contributed by atoms with E-state index < -0.39 is 0 Å². The van der Waals surface area contributed by atoms with Crippen LogP contribution in [0.1, 0.15) is 65.7 Å². The average molecular weight is 248 g/mol. The molecule has 2 aliphatic rings. The highest BCUT2D eigenvalue weighted by Crippen LogP contribution is 2.32. The van der Waals surface area contributed by atoms with Gasteiger partial charge in [0.05, 0.1) is 17.9 Å². The van der Waals surface area contributed by atoms with Crippen LogP contribution in [-0.2, 0) is 0 Å². The van der Waals surface area contributed by atoms with Gasteiger partial charge in [-0.3, -0.25) is 4.99 Å². The molecule has 1 fully saturated rings. The third-order valence-corrected chi connectivity index (χ3v) is 4.67. The van der Waals surface area contributed by atoms with E-state index in [0.29, 0.717) is 18.1 Å². The van der Waals surface area contributed by atoms with Gasteiger partial charge in [0.2, 0.25) is 0 Å². The van der Waals surface area contributed by atoms with Crippen molar-refractivity contribution in [2.45, 2.75) is 89.7 Å². The SMILES string of the molecule is BC1CCCCCCC2C(C1)N=C(C)N2C(C)C. The number of rotatable bonds is 1. The molecule has 0 aromatic rings. The number of aliphatic imine (C=N–C) groups is 1. The number of amidine groups is 1. The molecular weight excluding hydrogens is 219 g/mol. The Kier molecular flexibility index (Phi) is 4.74. The number of nitrogens with zero attached hydrogens (tertiary/aromatic N) is 2. The maximum Gasteiger partial charge on any atom is 0.105 e. The summed E-state index contributed by atoms with van der Waals surface area (Å²) in [6.45, 7) is 6.82. The van der Waals surface area contributed by atoms with Crippen molar-refractivity contribution in [3.63, 3.8) is 0 Å². The van der Waals surface area contributed by atoms with Gasteiger partial charge in [-0.05, 0) is 33.6 Å². The van der Waals surface area contributed by atoms with E-state index in [-0.39, 0.29) is 0 Å². The van der Waals surface area contributed by atoms with Gasteiger partial charge in [0.15, 0.2) is 0 Å². The second-order valence-electron chi connectivity index (χ2n) is 6.64. The van der Waals surface area contributed by atoms with Crippen LogP contribution < -0.4 is 0 Å². The lowest BCUT2D eigenvalue weighted by molar-refractivity contribution is 0.229. The summed E-state index contributed by atoms with van der Waals surface area (Å²) in [6.07, 6.45) is 9.71. The van der Waals surface area contributed by atoms with Gasteiger partial charge in [-0.15, -0.1) is 0 Å². The number of hydrogen-bond acceptors (Lipinski definition) is 2. The monoisotopic (exact) mass is 248 g/mol. The normalized spacial score (nSPS) is 34.3. The molecule has 0 saturated heterocycles. The van der Waals surface area contributed by atoms with Gasteiger partial charge < -0.3 is 4.90 Å². The van der Waals surface area contributed by atoms with E-state index in [1.807, 2.05) is 0 Å². The molecule has 1 aliphatic carbocycles. The maximum atomic E-state index is 4.98. The van der Waals surface area contributed by atoms with Crippen molar-refractivity contribution in [1.82, 2.24) is 4.90 Å². The van der Waals surface area contributed by atoms with Gasteiger partial charge >= 0.3 is 0 Å². The Morgan fingerprint density at radius 2 is 1.83 bits per heavy atom. The first-order valence-corrected chi connectivity index (χ1v) is 7.92. The van der Waals surface area contributed by atoms with Gasteiger partial charge in [0, 0.05) is 6.04 Å². The summed E-state index contributed by atoms with van der Waals surface area (Å²) in [5, 5.41) is 0. The van der Waals surface area contributed by atoms with E-state index in [1.165, 1.54) is 50.8 Å². The van der Waals surface area contributed by atoms with Crippen LogP contribution in [-0.4, -0.2) is 36.7 Å². The summed E-state index contributed by atoms with van der Waals surface area (Å²) < 4.78 is 0. The van der Waals surface area contributed by atoms with Crippen LogP contribution in [0.25, 0.3) is 0 Å². The molecule has 0 N–H and O–H groups in total. The lowest BCUT2D eigenvalue weighted by Gasteiger charge is -2.34. The fraction of sp³-hybridized carbons (Fsp3) is 0.933. The molecule has 3 atom stereocenters. The first-order valence-electron chi connectivity index (χ1n) is 7.92. The van der Waals surface area contributed by atoms with Crippen LogP contribution in [0.4, 0.5) is 0 Å². The summed E-state index contributed by atoms with van der Waals surface area (Å²) in [5.74, 6) is 2.13. The second-order valence-corrected chi connectivity index (χ2v) is 6.64. The predicted molar refractivity (Wildman–Crippen MR) is 82.3 cm³/mol. The van der Waals surface area contributed by atoms with Crippen molar-refractivity contribution >= 4 is 13.7 Å². The standard InChI is InChI=1S/C15H29BN2/c1-11(2)18-12(3)17-14-10-13(16)8-6-4-5-7-9-15(14)18/h11,13-15H,4-10,16H2,1-3H3. The van der Waals surface area contributed by atoms with Crippen LogP contribution in [0.15, 0.2) is 4.99 Å². The van der Waals surface area contributed by atoms with Gasteiger partial charge in [-0.25, -0.2) is 0 Å². The van der Waals surface area contributed by atoms with Gasteiger partial charge in [-0.2, -0.15) is 0 Å². The summed E-state index contributed by atoms with van der Waals surface area (Å²) in [5.41, 5.74) is 0. The van der Waals surface area contributed by atoms with Crippen molar-refractivity contribution in [2.75, 3.05) is 0 Å². The van der Waals surface area contributed by atoms with E-state index >= 15 is 0 Å². The highest BCUT2D eigenvalue weighted by molar-refractivity contribution is 6.11. The largest absolute Gasteiger partial charge is 0.353 e. The van der Waals surface area contributed by atoms with Crippen molar-refractivity contribution in [3.05, 3.63) is 0 Å². The Balaban J connectivity index is 2.10. The summed E-state index contributed by atoms with van der Waals surface area (Å²) >= 11 is 0. The predicted octanol–water partition coefficient (Wildman–Crippen LogP) is 3.03. The van der Waals surface area contributed by atoms with Crippen LogP contribution in [0.2, 0.25) is 5.82 Å². The third-order valence-electron chi connectivity index (χ3n) is 4.67. The Bertz CT molecular complexity index is 301. The number of hydrogen-bond donors (Lipinski definition) is 0. The summed E-state index contributed by atoms with van der Waals surface area (Å²) in [7, 11) is 2.42. The number of fused-ring (bicyclic) bond motifs is 1. The quantitative estimate of drug-likeness (QED) is 0.651. The van der Waals surface area contributed by atoms with E-state index in [9.17, 15) is 0 Å². The molecule has 0 bridgehead atoms. The highest BCUT2D eigenvalue weighted by atomic mass is 15.3. The van der Waals surface area contributed by atoms with E-state index in [0.717, 1.165) is 5.82 Å². The fourth-order valence-electron chi connectivity index (χ4n) is 3.85. The van der Waals surface area contributed by atoms with E-state index in [4.69, 9.17) is 4.99 Å². The summed E-state index contributed by atoms with van der Waals surface area (Å²) in [4.78, 5) is 7.56. The minimum absolute atomic E-state index is 0.570. The van der Waals surface area contributed by atoms with Crippen LogP contribution in [0, 0.1) is 0 Å². The van der Waals surface area contributed by atoms with E-state index in [2.05, 4.69) is 33.5 Å². The zero-order valence-electron chi connectivity index (χ0n) is 12.7. The molecule has 0 amide bonds. The van der Waals surface area contributed by atoms with Crippen molar-refractivity contribution < 1.29 is 0 Å². The molecule has 0 aromatic heterocycles. The van der Waals surface area contributed by atoms with Crippen LogP contribution >= 0.6 is 0 Å². The van der Waals surface area contributed by atoms with Gasteiger partial charge in [-0.1, -0.05) is 37.9 Å². The average Bonchev–Trinajstić information content (AvgIpc) is 2.60. The summed E-state index contributed by atoms with van der Waals surface area (Å²) in [6, 6.07) is 1.85. The Hall–Kier alpha value is -0.465. The second kappa shape index (κ2) is 6.12. The molecule has 2 nitrogen and oxygen atoms in total. The molecule has 3 unspecified atom stereocenters. The lowest BCUT2D eigenvalue weighted by Crippen LogP contribution is -2.43. The van der Waals surface area contributed by atoms with Crippen molar-refractivity contribution in [2.24, 2.45) is 4.99 Å². The highest BCUT2D eigenvalue weighted by Gasteiger charge is 2.35. The zero-order chi connectivity index (χ0) is 13.1. The van der Waals surface area contributed by atoms with Crippen LogP contribution in [0.3, 0.4) is 0 Å². The fourth-order valence-corrected chi connectivity index (χ4v) is 3.85. The van der Waals surface area contributed by atoms with E-state index in [1.54, 1.807) is 0 Å². The lowest BCUT2D eigenvalue weighted by atomic mass is 9.76. The molecule has 1 aliphatic heterocycles. The smallest absolute Gasteiger partial charge is 0.105 e. The molecule has 1 saturated carbocycles. The topological polar surface area (TPSA) is 15.6 Å². The van der Waals surface area contributed by atoms with Crippen molar-refractivity contribution in [1.29, 1.82) is 0 Å². The molecule has 2 rings (SSSR count). The Morgan fingerprint density at radius 3 is 2.50 bits per heavy atom. The molecule has 3 heteroatoms. The van der Waals surface area contributed by atoms with Gasteiger partial charge in [0.25, 0.3) is 0 Å². The molecule has 18 heavy (non-hydrogen) atoms. The molecular formula is C15H29BN2. The van der Waals surface area contributed by atoms with Gasteiger partial charge in [0.1, 0.15) is 7.85 Å². The van der Waals surface area contributed by atoms with Crippen molar-refractivity contribution in [3.8, 4) is 0 Å². The molecule has 0 spiro atoms. The third kappa shape index (κ3) is 3.10. The Labute approximate surface area is 114 Å². The molecule has 0 radical (unpaired) electrons. The molecule has 0 aromatic carbocycles. The minimum Gasteiger partial charge on any atom is -0.353 e.